The minimum atomic E-state index is 0.144. The van der Waals surface area contributed by atoms with Crippen LogP contribution < -0.4 is 5.32 Å². The first-order chi connectivity index (χ1) is 6.75. The number of hydrogen-bond acceptors (Lipinski definition) is 3. The number of nitrogens with one attached hydrogen (secondary N) is 1. The molecule has 0 aromatic rings. The molecular formula is C10H16N2O2. The second-order valence-electron chi connectivity index (χ2n) is 4.77. The number of nitrogens with zero attached hydrogens (tertiary/aromatic N) is 1. The minimum absolute atomic E-state index is 0.144. The lowest BCUT2D eigenvalue weighted by atomic mass is 9.71. The van der Waals surface area contributed by atoms with E-state index >= 15 is 0 Å². The molecule has 78 valence electrons. The van der Waals surface area contributed by atoms with Gasteiger partial charge in [0.15, 0.2) is 0 Å². The van der Waals surface area contributed by atoms with Gasteiger partial charge in [-0.1, -0.05) is 0 Å². The highest BCUT2D eigenvalue weighted by molar-refractivity contribution is 5.80. The fourth-order valence-electron chi connectivity index (χ4n) is 3.19. The third kappa shape index (κ3) is 1.10. The van der Waals surface area contributed by atoms with Gasteiger partial charge in [0, 0.05) is 19.5 Å². The molecule has 14 heavy (non-hydrogen) atoms. The fraction of sp³-hybridized carbons (Fsp3) is 0.900. The van der Waals surface area contributed by atoms with Gasteiger partial charge in [-0.3, -0.25) is 9.63 Å². The molecule has 2 saturated heterocycles. The zero-order valence-electron chi connectivity index (χ0n) is 8.40. The summed E-state index contributed by atoms with van der Waals surface area (Å²) < 4.78 is 0. The summed E-state index contributed by atoms with van der Waals surface area (Å²) in [4.78, 5) is 17.4. The Kier molecular flexibility index (Phi) is 1.82. The fourth-order valence-corrected chi connectivity index (χ4v) is 3.19. The zero-order valence-corrected chi connectivity index (χ0v) is 8.40. The van der Waals surface area contributed by atoms with Crippen molar-refractivity contribution < 1.29 is 9.63 Å². The smallest absolute Gasteiger partial charge is 0.251 e. The van der Waals surface area contributed by atoms with E-state index in [2.05, 4.69) is 5.32 Å². The van der Waals surface area contributed by atoms with Crippen LogP contribution in [0, 0.1) is 17.8 Å². The summed E-state index contributed by atoms with van der Waals surface area (Å²) in [5.74, 6) is 1.56. The molecule has 2 aliphatic heterocycles. The number of piperidine rings is 1. The van der Waals surface area contributed by atoms with E-state index in [1.807, 2.05) is 0 Å². The van der Waals surface area contributed by atoms with Crippen LogP contribution in [-0.2, 0) is 9.63 Å². The zero-order chi connectivity index (χ0) is 9.71. The van der Waals surface area contributed by atoms with Gasteiger partial charge in [-0.25, -0.2) is 5.06 Å². The average Bonchev–Trinajstić information content (AvgIpc) is 2.46. The Bertz CT molecular complexity index is 269. The highest BCUT2D eigenvalue weighted by atomic mass is 16.7. The van der Waals surface area contributed by atoms with Crippen LogP contribution in [0.25, 0.3) is 0 Å². The summed E-state index contributed by atoms with van der Waals surface area (Å²) in [5, 5.41) is 4.86. The number of amides is 1. The summed E-state index contributed by atoms with van der Waals surface area (Å²) >= 11 is 0. The minimum Gasteiger partial charge on any atom is -0.316 e. The van der Waals surface area contributed by atoms with Gasteiger partial charge in [-0.2, -0.15) is 0 Å². The first kappa shape index (κ1) is 8.68. The van der Waals surface area contributed by atoms with Gasteiger partial charge < -0.3 is 5.32 Å². The molecule has 4 nitrogen and oxygen atoms in total. The molecule has 0 radical (unpaired) electrons. The topological polar surface area (TPSA) is 41.6 Å². The van der Waals surface area contributed by atoms with Crippen LogP contribution in [0.4, 0.5) is 0 Å². The van der Waals surface area contributed by atoms with Crippen molar-refractivity contribution in [3.63, 3.8) is 0 Å². The van der Waals surface area contributed by atoms with E-state index in [4.69, 9.17) is 4.84 Å². The first-order valence-electron chi connectivity index (χ1n) is 5.41. The van der Waals surface area contributed by atoms with Gasteiger partial charge in [0.25, 0.3) is 5.91 Å². The lowest BCUT2D eigenvalue weighted by molar-refractivity contribution is -0.172. The molecule has 0 aromatic carbocycles. The standard InChI is InChI=1S/C10H16N2O2/c1-12-10(13)8-3-6-2-7(5-11-4-6)9(8)14-12/h6-9,11H,2-5H2,1H3. The van der Waals surface area contributed by atoms with Crippen molar-refractivity contribution in [2.24, 2.45) is 17.8 Å². The third-order valence-electron chi connectivity index (χ3n) is 3.83. The van der Waals surface area contributed by atoms with E-state index in [0.717, 1.165) is 19.5 Å². The van der Waals surface area contributed by atoms with Crippen LogP contribution in [0.5, 0.6) is 0 Å². The molecule has 4 unspecified atom stereocenters. The Morgan fingerprint density at radius 3 is 3.14 bits per heavy atom. The van der Waals surface area contributed by atoms with Crippen molar-refractivity contribution in [3.05, 3.63) is 0 Å². The monoisotopic (exact) mass is 196 g/mol. The highest BCUT2D eigenvalue weighted by Gasteiger charge is 2.50. The number of hydroxylamine groups is 2. The normalized spacial score (nSPS) is 46.6. The first-order valence-corrected chi connectivity index (χ1v) is 5.41. The summed E-state index contributed by atoms with van der Waals surface area (Å²) in [6.07, 6.45) is 2.39. The molecule has 3 aliphatic rings. The molecule has 0 spiro atoms. The summed E-state index contributed by atoms with van der Waals surface area (Å²) in [5.41, 5.74) is 0. The van der Waals surface area contributed by atoms with Gasteiger partial charge in [-0.05, 0) is 25.3 Å². The van der Waals surface area contributed by atoms with Crippen molar-refractivity contribution in [2.75, 3.05) is 20.1 Å². The Labute approximate surface area is 83.5 Å². The number of hydrogen-bond donors (Lipinski definition) is 1. The van der Waals surface area contributed by atoms with Crippen molar-refractivity contribution in [3.8, 4) is 0 Å². The molecule has 1 aliphatic carbocycles. The van der Waals surface area contributed by atoms with E-state index in [9.17, 15) is 4.79 Å². The number of carbonyl (C=O) groups excluding carboxylic acids is 1. The van der Waals surface area contributed by atoms with Crippen molar-refractivity contribution in [1.82, 2.24) is 10.4 Å². The second kappa shape index (κ2) is 2.94. The summed E-state index contributed by atoms with van der Waals surface area (Å²) in [7, 11) is 1.73. The second-order valence-corrected chi connectivity index (χ2v) is 4.77. The molecule has 2 bridgehead atoms. The molecule has 2 heterocycles. The molecule has 4 atom stereocenters. The maximum absolute atomic E-state index is 11.8. The highest BCUT2D eigenvalue weighted by Crippen LogP contribution is 2.41. The maximum Gasteiger partial charge on any atom is 0.251 e. The third-order valence-corrected chi connectivity index (χ3v) is 3.83. The Balaban J connectivity index is 1.86. The van der Waals surface area contributed by atoms with E-state index in [1.165, 1.54) is 11.5 Å². The van der Waals surface area contributed by atoms with E-state index in [-0.39, 0.29) is 17.9 Å². The van der Waals surface area contributed by atoms with Crippen LogP contribution in [-0.4, -0.2) is 37.2 Å². The van der Waals surface area contributed by atoms with Crippen molar-refractivity contribution in [2.45, 2.75) is 18.9 Å². The van der Waals surface area contributed by atoms with E-state index in [1.54, 1.807) is 7.05 Å². The molecule has 1 amide bonds. The Morgan fingerprint density at radius 2 is 2.29 bits per heavy atom. The lowest BCUT2D eigenvalue weighted by Crippen LogP contribution is -2.49. The molecule has 3 rings (SSSR count). The number of fused-ring (bicyclic) bond motifs is 4. The van der Waals surface area contributed by atoms with Gasteiger partial charge in [-0.15, -0.1) is 0 Å². The predicted molar refractivity (Wildman–Crippen MR) is 50.2 cm³/mol. The predicted octanol–water partition coefficient (Wildman–Crippen LogP) is 0.00420. The molecular weight excluding hydrogens is 180 g/mol. The van der Waals surface area contributed by atoms with Crippen molar-refractivity contribution in [1.29, 1.82) is 0 Å². The number of carbonyl (C=O) groups is 1. The SMILES string of the molecule is CN1OC2C3CNCC(C3)CC2C1=O. The van der Waals surface area contributed by atoms with E-state index < -0.39 is 0 Å². The molecule has 1 N–H and O–H groups in total. The molecule has 1 saturated carbocycles. The van der Waals surface area contributed by atoms with Crippen LogP contribution >= 0.6 is 0 Å². The number of rotatable bonds is 0. The van der Waals surface area contributed by atoms with Gasteiger partial charge in [0.1, 0.15) is 6.10 Å². The van der Waals surface area contributed by atoms with Gasteiger partial charge in [0.2, 0.25) is 0 Å². The molecule has 0 aromatic heterocycles. The van der Waals surface area contributed by atoms with Crippen LogP contribution in [0.3, 0.4) is 0 Å². The average molecular weight is 196 g/mol. The largest absolute Gasteiger partial charge is 0.316 e. The Morgan fingerprint density at radius 1 is 1.43 bits per heavy atom. The lowest BCUT2D eigenvalue weighted by Gasteiger charge is -2.39. The van der Waals surface area contributed by atoms with Crippen LogP contribution in [0.1, 0.15) is 12.8 Å². The van der Waals surface area contributed by atoms with Crippen LogP contribution in [0.2, 0.25) is 0 Å². The van der Waals surface area contributed by atoms with Gasteiger partial charge in [0.05, 0.1) is 5.92 Å². The summed E-state index contributed by atoms with van der Waals surface area (Å²) in [6, 6.07) is 0. The van der Waals surface area contributed by atoms with Crippen molar-refractivity contribution >= 4 is 5.91 Å². The quantitative estimate of drug-likeness (QED) is 0.593. The Hall–Kier alpha value is -0.610. The van der Waals surface area contributed by atoms with E-state index in [0.29, 0.717) is 11.8 Å². The molecule has 3 fully saturated rings. The summed E-state index contributed by atoms with van der Waals surface area (Å²) in [6.45, 7) is 2.09. The van der Waals surface area contributed by atoms with Crippen LogP contribution in [0.15, 0.2) is 0 Å². The van der Waals surface area contributed by atoms with Gasteiger partial charge >= 0.3 is 0 Å². The maximum atomic E-state index is 11.8. The molecule has 4 heteroatoms.